The summed E-state index contributed by atoms with van der Waals surface area (Å²) in [7, 11) is 0. The lowest BCUT2D eigenvalue weighted by Gasteiger charge is -2.13. The van der Waals surface area contributed by atoms with Crippen LogP contribution in [0.5, 0.6) is 0 Å². The molecule has 1 unspecified atom stereocenters. The molecule has 0 aliphatic heterocycles. The standard InChI is InChI=1S/C34H66O4/c1-4-6-8-10-12-14-16-17-18-19-20-22-23-25-27-29-33(35)37-31-32(3)38-34(36)30-28-26-24-21-15-13-11-9-7-5-2/h32H,4-31H2,1-3H3. The minimum Gasteiger partial charge on any atom is -0.462 e. The monoisotopic (exact) mass is 538 g/mol. The maximum Gasteiger partial charge on any atom is 0.306 e. The van der Waals surface area contributed by atoms with Crippen LogP contribution in [0.2, 0.25) is 0 Å². The molecule has 4 nitrogen and oxygen atoms in total. The summed E-state index contributed by atoms with van der Waals surface area (Å²) in [5.41, 5.74) is 0. The van der Waals surface area contributed by atoms with Crippen molar-refractivity contribution in [2.24, 2.45) is 0 Å². The normalized spacial score (nSPS) is 12.0. The molecule has 0 heterocycles. The van der Waals surface area contributed by atoms with Gasteiger partial charge in [0, 0.05) is 12.8 Å². The van der Waals surface area contributed by atoms with Crippen LogP contribution in [0.4, 0.5) is 0 Å². The summed E-state index contributed by atoms with van der Waals surface area (Å²) in [5, 5.41) is 0. The van der Waals surface area contributed by atoms with Crippen molar-refractivity contribution >= 4 is 11.9 Å². The minimum atomic E-state index is -0.365. The molecule has 0 saturated carbocycles. The van der Waals surface area contributed by atoms with E-state index in [0.717, 1.165) is 25.7 Å². The van der Waals surface area contributed by atoms with Crippen molar-refractivity contribution in [3.63, 3.8) is 0 Å². The Morgan fingerprint density at radius 1 is 0.447 bits per heavy atom. The molecule has 0 saturated heterocycles. The van der Waals surface area contributed by atoms with Crippen molar-refractivity contribution in [1.29, 1.82) is 0 Å². The fourth-order valence-electron chi connectivity index (χ4n) is 5.00. The van der Waals surface area contributed by atoms with E-state index in [1.54, 1.807) is 6.92 Å². The van der Waals surface area contributed by atoms with Crippen LogP contribution in [0, 0.1) is 0 Å². The Morgan fingerprint density at radius 2 is 0.737 bits per heavy atom. The molecule has 226 valence electrons. The molecule has 0 fully saturated rings. The zero-order valence-electron chi connectivity index (χ0n) is 26.0. The summed E-state index contributed by atoms with van der Waals surface area (Å²) < 4.78 is 10.7. The highest BCUT2D eigenvalue weighted by Crippen LogP contribution is 2.14. The lowest BCUT2D eigenvalue weighted by molar-refractivity contribution is -0.158. The number of ether oxygens (including phenoxy) is 2. The first-order chi connectivity index (χ1) is 18.6. The molecule has 0 aliphatic rings. The fraction of sp³-hybridized carbons (Fsp3) is 0.941. The SMILES string of the molecule is CCCCCCCCCCCCCCCCCC(=O)OCC(C)OC(=O)CCCCCCCCCCCC. The molecule has 0 spiro atoms. The number of esters is 2. The molecule has 0 N–H and O–H groups in total. The lowest BCUT2D eigenvalue weighted by Crippen LogP contribution is -2.22. The second-order valence-corrected chi connectivity index (χ2v) is 11.6. The molecule has 38 heavy (non-hydrogen) atoms. The zero-order chi connectivity index (χ0) is 27.9. The van der Waals surface area contributed by atoms with Gasteiger partial charge >= 0.3 is 11.9 Å². The van der Waals surface area contributed by atoms with Crippen molar-refractivity contribution in [1.82, 2.24) is 0 Å². The van der Waals surface area contributed by atoms with Crippen LogP contribution in [0.1, 0.15) is 194 Å². The van der Waals surface area contributed by atoms with Crippen molar-refractivity contribution < 1.29 is 19.1 Å². The van der Waals surface area contributed by atoms with Crippen LogP contribution in [0.25, 0.3) is 0 Å². The minimum absolute atomic E-state index is 0.168. The van der Waals surface area contributed by atoms with E-state index < -0.39 is 0 Å². The molecule has 0 aliphatic carbocycles. The highest BCUT2D eigenvalue weighted by atomic mass is 16.6. The average molecular weight is 539 g/mol. The number of carbonyl (C=O) groups is 2. The Bertz CT molecular complexity index is 505. The summed E-state index contributed by atoms with van der Waals surface area (Å²) >= 11 is 0. The summed E-state index contributed by atoms with van der Waals surface area (Å²) in [5.74, 6) is -0.340. The van der Waals surface area contributed by atoms with Gasteiger partial charge in [0.2, 0.25) is 0 Å². The quantitative estimate of drug-likeness (QED) is 0.0674. The van der Waals surface area contributed by atoms with E-state index in [9.17, 15) is 9.59 Å². The second-order valence-electron chi connectivity index (χ2n) is 11.6. The first-order valence-electron chi connectivity index (χ1n) is 16.9. The number of unbranched alkanes of at least 4 members (excludes halogenated alkanes) is 23. The third-order valence-corrected chi connectivity index (χ3v) is 7.53. The molecular formula is C34H66O4. The molecule has 0 radical (unpaired) electrons. The van der Waals surface area contributed by atoms with E-state index in [2.05, 4.69) is 13.8 Å². The van der Waals surface area contributed by atoms with Gasteiger partial charge in [0.05, 0.1) is 0 Å². The number of rotatable bonds is 30. The molecule has 0 aromatic carbocycles. The molecule has 0 rings (SSSR count). The van der Waals surface area contributed by atoms with E-state index in [1.165, 1.54) is 135 Å². The number of hydrogen-bond donors (Lipinski definition) is 0. The molecule has 4 heteroatoms. The van der Waals surface area contributed by atoms with Crippen LogP contribution in [-0.2, 0) is 19.1 Å². The van der Waals surface area contributed by atoms with Gasteiger partial charge in [-0.25, -0.2) is 0 Å². The van der Waals surface area contributed by atoms with Gasteiger partial charge < -0.3 is 9.47 Å². The molecule has 0 aromatic rings. The summed E-state index contributed by atoms with van der Waals surface area (Å²) in [6.07, 6.45) is 32.8. The fourth-order valence-corrected chi connectivity index (χ4v) is 5.00. The van der Waals surface area contributed by atoms with Crippen LogP contribution in [0.15, 0.2) is 0 Å². The maximum absolute atomic E-state index is 12.0. The van der Waals surface area contributed by atoms with Gasteiger partial charge in [-0.2, -0.15) is 0 Å². The molecule has 0 amide bonds. The Hall–Kier alpha value is -1.06. The Kier molecular flexibility index (Phi) is 29.6. The second kappa shape index (κ2) is 30.5. The zero-order valence-corrected chi connectivity index (χ0v) is 26.0. The smallest absolute Gasteiger partial charge is 0.306 e. The van der Waals surface area contributed by atoms with E-state index >= 15 is 0 Å². The van der Waals surface area contributed by atoms with Crippen LogP contribution in [-0.4, -0.2) is 24.6 Å². The number of carbonyl (C=O) groups excluding carboxylic acids is 2. The van der Waals surface area contributed by atoms with Gasteiger partial charge in [-0.3, -0.25) is 9.59 Å². The van der Waals surface area contributed by atoms with Gasteiger partial charge in [0.25, 0.3) is 0 Å². The van der Waals surface area contributed by atoms with Crippen LogP contribution in [0.3, 0.4) is 0 Å². The molecule has 0 bridgehead atoms. The predicted molar refractivity (Wildman–Crippen MR) is 163 cm³/mol. The highest BCUT2D eigenvalue weighted by Gasteiger charge is 2.12. The predicted octanol–water partition coefficient (Wildman–Crippen LogP) is 11.0. The van der Waals surface area contributed by atoms with Crippen LogP contribution < -0.4 is 0 Å². The molecule has 0 aromatic heterocycles. The number of hydrogen-bond acceptors (Lipinski definition) is 4. The Balaban J connectivity index is 3.40. The summed E-state index contributed by atoms with van der Waals surface area (Å²) in [4.78, 5) is 24.0. The third-order valence-electron chi connectivity index (χ3n) is 7.53. The lowest BCUT2D eigenvalue weighted by atomic mass is 10.0. The Labute approximate surface area is 237 Å². The molecular weight excluding hydrogens is 472 g/mol. The van der Waals surface area contributed by atoms with Crippen molar-refractivity contribution in [3.8, 4) is 0 Å². The third kappa shape index (κ3) is 29.5. The maximum atomic E-state index is 12.0. The van der Waals surface area contributed by atoms with E-state index in [0.29, 0.717) is 12.8 Å². The summed E-state index contributed by atoms with van der Waals surface area (Å²) in [6, 6.07) is 0. The largest absolute Gasteiger partial charge is 0.462 e. The molecule has 1 atom stereocenters. The van der Waals surface area contributed by atoms with Gasteiger partial charge in [0.15, 0.2) is 0 Å². The van der Waals surface area contributed by atoms with Gasteiger partial charge in [-0.05, 0) is 19.8 Å². The van der Waals surface area contributed by atoms with Crippen molar-refractivity contribution in [2.75, 3.05) is 6.61 Å². The topological polar surface area (TPSA) is 52.6 Å². The van der Waals surface area contributed by atoms with Crippen molar-refractivity contribution in [3.05, 3.63) is 0 Å². The van der Waals surface area contributed by atoms with E-state index in [-0.39, 0.29) is 24.6 Å². The van der Waals surface area contributed by atoms with Crippen molar-refractivity contribution in [2.45, 2.75) is 200 Å². The van der Waals surface area contributed by atoms with Gasteiger partial charge in [-0.15, -0.1) is 0 Å². The van der Waals surface area contributed by atoms with Gasteiger partial charge in [0.1, 0.15) is 12.7 Å². The summed E-state index contributed by atoms with van der Waals surface area (Å²) in [6.45, 7) is 6.50. The first kappa shape index (κ1) is 36.9. The van der Waals surface area contributed by atoms with Gasteiger partial charge in [-0.1, -0.05) is 162 Å². The van der Waals surface area contributed by atoms with Crippen LogP contribution >= 0.6 is 0 Å². The Morgan fingerprint density at radius 3 is 1.08 bits per heavy atom. The highest BCUT2D eigenvalue weighted by molar-refractivity contribution is 5.70. The first-order valence-corrected chi connectivity index (χ1v) is 16.9. The van der Waals surface area contributed by atoms with E-state index in [4.69, 9.17) is 9.47 Å². The average Bonchev–Trinajstić information content (AvgIpc) is 2.90. The van der Waals surface area contributed by atoms with E-state index in [1.807, 2.05) is 0 Å².